The molecule has 3 heteroatoms. The molecule has 0 atom stereocenters. The van der Waals surface area contributed by atoms with Crippen LogP contribution in [0.3, 0.4) is 0 Å². The largest absolute Gasteiger partial charge is 0.481 e. The molecule has 2 nitrogen and oxygen atoms in total. The van der Waals surface area contributed by atoms with Gasteiger partial charge in [0.2, 0.25) is 0 Å². The predicted molar refractivity (Wildman–Crippen MR) is 132 cm³/mol. The van der Waals surface area contributed by atoms with Gasteiger partial charge in [0.05, 0.1) is 6.42 Å². The number of hydrogen-bond acceptors (Lipinski definition) is 2. The zero-order valence-corrected chi connectivity index (χ0v) is 20.6. The summed E-state index contributed by atoms with van der Waals surface area (Å²) >= 11 is 1.79. The van der Waals surface area contributed by atoms with E-state index < -0.39 is 5.97 Å². The summed E-state index contributed by atoms with van der Waals surface area (Å²) in [5.41, 5.74) is 0. The molecule has 0 rings (SSSR count). The SMILES string of the molecule is CCCCCCCCCCCCCCCCCCCCCCCSCCC(=O)O. The van der Waals surface area contributed by atoms with Crippen molar-refractivity contribution >= 4 is 17.7 Å². The van der Waals surface area contributed by atoms with Gasteiger partial charge in [-0.05, 0) is 12.2 Å². The topological polar surface area (TPSA) is 37.3 Å². The molecule has 1 N–H and O–H groups in total. The zero-order chi connectivity index (χ0) is 21.3. The van der Waals surface area contributed by atoms with Crippen molar-refractivity contribution in [1.29, 1.82) is 0 Å². The molecule has 0 radical (unpaired) electrons. The van der Waals surface area contributed by atoms with E-state index in [1.807, 2.05) is 0 Å². The molecular formula is C26H52O2S. The van der Waals surface area contributed by atoms with Gasteiger partial charge in [-0.15, -0.1) is 0 Å². The number of thioether (sulfide) groups is 1. The van der Waals surface area contributed by atoms with Gasteiger partial charge in [0.15, 0.2) is 0 Å². The van der Waals surface area contributed by atoms with Crippen molar-refractivity contribution in [2.45, 2.75) is 148 Å². The Morgan fingerprint density at radius 1 is 0.517 bits per heavy atom. The Balaban J connectivity index is 2.99. The summed E-state index contributed by atoms with van der Waals surface area (Å²) in [5, 5.41) is 8.58. The minimum atomic E-state index is -0.670. The average molecular weight is 429 g/mol. The number of hydrogen-bond donors (Lipinski definition) is 1. The highest BCUT2D eigenvalue weighted by Gasteiger charge is 1.97. The van der Waals surface area contributed by atoms with Crippen LogP contribution < -0.4 is 0 Å². The number of rotatable bonds is 25. The van der Waals surface area contributed by atoms with Gasteiger partial charge in [-0.1, -0.05) is 135 Å². The quantitative estimate of drug-likeness (QED) is 0.147. The molecule has 0 amide bonds. The summed E-state index contributed by atoms with van der Waals surface area (Å²) < 4.78 is 0. The molecule has 29 heavy (non-hydrogen) atoms. The summed E-state index contributed by atoms with van der Waals surface area (Å²) in [5.74, 6) is 1.23. The molecular weight excluding hydrogens is 376 g/mol. The van der Waals surface area contributed by atoms with E-state index in [9.17, 15) is 4.79 Å². The predicted octanol–water partition coefficient (Wildman–Crippen LogP) is 9.41. The van der Waals surface area contributed by atoms with Crippen molar-refractivity contribution in [1.82, 2.24) is 0 Å². The normalized spacial score (nSPS) is 11.2. The van der Waals surface area contributed by atoms with E-state index in [4.69, 9.17) is 5.11 Å². The minimum Gasteiger partial charge on any atom is -0.481 e. The molecule has 0 spiro atoms. The van der Waals surface area contributed by atoms with Crippen LogP contribution in [0, 0.1) is 0 Å². The second kappa shape index (κ2) is 25.9. The maximum Gasteiger partial charge on any atom is 0.304 e. The fourth-order valence-corrected chi connectivity index (χ4v) is 4.83. The summed E-state index contributed by atoms with van der Waals surface area (Å²) in [4.78, 5) is 10.4. The minimum absolute atomic E-state index is 0.309. The molecule has 0 aromatic heterocycles. The fraction of sp³-hybridized carbons (Fsp3) is 0.962. The van der Waals surface area contributed by atoms with Gasteiger partial charge >= 0.3 is 5.97 Å². The lowest BCUT2D eigenvalue weighted by molar-refractivity contribution is -0.136. The molecule has 0 bridgehead atoms. The van der Waals surface area contributed by atoms with Crippen LogP contribution in [0.5, 0.6) is 0 Å². The Kier molecular flexibility index (Phi) is 25.7. The lowest BCUT2D eigenvalue weighted by Crippen LogP contribution is -1.96. The summed E-state index contributed by atoms with van der Waals surface area (Å²) in [6.07, 6.45) is 30.2. The van der Waals surface area contributed by atoms with Crippen molar-refractivity contribution in [2.24, 2.45) is 0 Å². The maximum atomic E-state index is 10.4. The van der Waals surface area contributed by atoms with Gasteiger partial charge in [-0.2, -0.15) is 11.8 Å². The molecule has 0 saturated carbocycles. The number of unbranched alkanes of at least 4 members (excludes halogenated alkanes) is 20. The number of carbonyl (C=O) groups is 1. The summed E-state index contributed by atoms with van der Waals surface area (Å²) in [7, 11) is 0. The van der Waals surface area contributed by atoms with E-state index >= 15 is 0 Å². The third kappa shape index (κ3) is 27.8. The van der Waals surface area contributed by atoms with E-state index in [-0.39, 0.29) is 0 Å². The monoisotopic (exact) mass is 428 g/mol. The molecule has 0 aliphatic rings. The van der Waals surface area contributed by atoms with Gasteiger partial charge in [0.25, 0.3) is 0 Å². The fourth-order valence-electron chi connectivity index (χ4n) is 3.90. The second-order valence-corrected chi connectivity index (χ2v) is 10.1. The number of aliphatic carboxylic acids is 1. The maximum absolute atomic E-state index is 10.4. The highest BCUT2D eigenvalue weighted by molar-refractivity contribution is 7.99. The van der Waals surface area contributed by atoms with E-state index in [2.05, 4.69) is 6.92 Å². The van der Waals surface area contributed by atoms with Crippen LogP contribution in [-0.2, 0) is 4.79 Å². The van der Waals surface area contributed by atoms with Gasteiger partial charge in [0, 0.05) is 5.75 Å². The van der Waals surface area contributed by atoms with Gasteiger partial charge in [-0.3, -0.25) is 4.79 Å². The first kappa shape index (κ1) is 28.8. The molecule has 0 saturated heterocycles. The molecule has 0 unspecified atom stereocenters. The third-order valence-corrected chi connectivity index (χ3v) is 6.92. The van der Waals surface area contributed by atoms with Crippen LogP contribution in [0.15, 0.2) is 0 Å². The average Bonchev–Trinajstić information content (AvgIpc) is 2.71. The van der Waals surface area contributed by atoms with Crippen LogP contribution in [0.2, 0.25) is 0 Å². The molecule has 0 aromatic carbocycles. The van der Waals surface area contributed by atoms with Crippen molar-refractivity contribution < 1.29 is 9.90 Å². The van der Waals surface area contributed by atoms with Crippen LogP contribution in [0.1, 0.15) is 148 Å². The molecule has 0 fully saturated rings. The number of carboxylic acids is 1. The standard InChI is InChI=1S/C26H52O2S/c1-2-3-4-5-6-7-8-9-10-11-12-13-14-15-16-17-18-19-20-21-22-24-29-25-23-26(27)28/h2-25H2,1H3,(H,27,28). The third-order valence-electron chi connectivity index (χ3n) is 5.85. The van der Waals surface area contributed by atoms with Crippen LogP contribution in [0.4, 0.5) is 0 Å². The van der Waals surface area contributed by atoms with Gasteiger partial charge in [0.1, 0.15) is 0 Å². The van der Waals surface area contributed by atoms with Crippen LogP contribution >= 0.6 is 11.8 Å². The number of carboxylic acid groups (broad SMARTS) is 1. The molecule has 0 aliphatic carbocycles. The first-order chi connectivity index (χ1) is 14.3. The Bertz CT molecular complexity index is 320. The Labute approximate surface area is 187 Å². The summed E-state index contributed by atoms with van der Waals surface area (Å²) in [6.45, 7) is 2.29. The molecule has 0 aliphatic heterocycles. The van der Waals surface area contributed by atoms with Gasteiger partial charge < -0.3 is 5.11 Å². The van der Waals surface area contributed by atoms with Crippen molar-refractivity contribution in [3.05, 3.63) is 0 Å². The smallest absolute Gasteiger partial charge is 0.304 e. The molecule has 0 heterocycles. The zero-order valence-electron chi connectivity index (χ0n) is 19.7. The lowest BCUT2D eigenvalue weighted by atomic mass is 10.0. The summed E-state index contributed by atoms with van der Waals surface area (Å²) in [6, 6.07) is 0. The molecule has 0 aromatic rings. The van der Waals surface area contributed by atoms with Crippen molar-refractivity contribution in [2.75, 3.05) is 11.5 Å². The van der Waals surface area contributed by atoms with E-state index in [1.165, 1.54) is 135 Å². The Morgan fingerprint density at radius 2 is 0.828 bits per heavy atom. The highest BCUT2D eigenvalue weighted by atomic mass is 32.2. The van der Waals surface area contributed by atoms with Gasteiger partial charge in [-0.25, -0.2) is 0 Å². The van der Waals surface area contributed by atoms with Crippen molar-refractivity contribution in [3.8, 4) is 0 Å². The van der Waals surface area contributed by atoms with Crippen molar-refractivity contribution in [3.63, 3.8) is 0 Å². The van der Waals surface area contributed by atoms with Crippen LogP contribution in [-0.4, -0.2) is 22.6 Å². The van der Waals surface area contributed by atoms with E-state index in [0.29, 0.717) is 6.42 Å². The first-order valence-corrected chi connectivity index (χ1v) is 14.2. The Morgan fingerprint density at radius 3 is 1.14 bits per heavy atom. The Hall–Kier alpha value is -0.180. The lowest BCUT2D eigenvalue weighted by Gasteiger charge is -2.04. The van der Waals surface area contributed by atoms with E-state index in [0.717, 1.165) is 11.5 Å². The first-order valence-electron chi connectivity index (χ1n) is 13.1. The second-order valence-electron chi connectivity index (χ2n) is 8.83. The van der Waals surface area contributed by atoms with Crippen LogP contribution in [0.25, 0.3) is 0 Å². The van der Waals surface area contributed by atoms with E-state index in [1.54, 1.807) is 11.8 Å². The highest BCUT2D eigenvalue weighted by Crippen LogP contribution is 2.15. The molecule has 174 valence electrons.